The Bertz CT molecular complexity index is 1050. The molecule has 1 aliphatic rings. The van der Waals surface area contributed by atoms with Crippen LogP contribution in [-0.4, -0.2) is 37.3 Å². The van der Waals surface area contributed by atoms with Crippen LogP contribution < -0.4 is 10.1 Å². The van der Waals surface area contributed by atoms with Crippen molar-refractivity contribution in [3.63, 3.8) is 0 Å². The van der Waals surface area contributed by atoms with Crippen LogP contribution >= 0.6 is 0 Å². The summed E-state index contributed by atoms with van der Waals surface area (Å²) in [6.07, 6.45) is 2.31. The Morgan fingerprint density at radius 2 is 2.03 bits per heavy atom. The molecular formula is C27H32N2O4. The maximum Gasteiger partial charge on any atom is 0.309 e. The van der Waals surface area contributed by atoms with Gasteiger partial charge in [-0.05, 0) is 75.5 Å². The zero-order valence-corrected chi connectivity index (χ0v) is 19.4. The van der Waals surface area contributed by atoms with Gasteiger partial charge in [0.25, 0.3) is 0 Å². The second-order valence-corrected chi connectivity index (χ2v) is 8.45. The number of esters is 1. The van der Waals surface area contributed by atoms with E-state index in [1.54, 1.807) is 0 Å². The van der Waals surface area contributed by atoms with Crippen LogP contribution in [0.15, 0.2) is 59.0 Å². The number of carbonyl (C=O) groups is 1. The fourth-order valence-electron chi connectivity index (χ4n) is 4.39. The maximum absolute atomic E-state index is 12.4. The lowest BCUT2D eigenvalue weighted by atomic mass is 9.82. The topological polar surface area (TPSA) is 73.6 Å². The maximum atomic E-state index is 12.4. The first kappa shape index (κ1) is 23.1. The van der Waals surface area contributed by atoms with Crippen LogP contribution in [-0.2, 0) is 22.4 Å². The van der Waals surface area contributed by atoms with E-state index in [0.717, 1.165) is 48.7 Å². The van der Waals surface area contributed by atoms with Crippen LogP contribution in [0.4, 0.5) is 0 Å². The number of ether oxygens (including phenoxy) is 2. The summed E-state index contributed by atoms with van der Waals surface area (Å²) in [5.41, 5.74) is 3.05. The van der Waals surface area contributed by atoms with Gasteiger partial charge in [-0.15, -0.1) is 0 Å². The smallest absolute Gasteiger partial charge is 0.309 e. The minimum Gasteiger partial charge on any atom is -0.493 e. The molecule has 1 N–H and O–H groups in total. The highest BCUT2D eigenvalue weighted by Crippen LogP contribution is 2.26. The summed E-state index contributed by atoms with van der Waals surface area (Å²) in [6, 6.07) is 18.1. The number of aryl methyl sites for hydroxylation is 1. The molecule has 2 atom stereocenters. The molecule has 1 unspecified atom stereocenters. The van der Waals surface area contributed by atoms with Crippen molar-refractivity contribution in [1.82, 2.24) is 10.3 Å². The Hall–Kier alpha value is -3.12. The molecule has 1 saturated heterocycles. The summed E-state index contributed by atoms with van der Waals surface area (Å²) in [7, 11) is 0. The largest absolute Gasteiger partial charge is 0.493 e. The van der Waals surface area contributed by atoms with Crippen LogP contribution in [0.25, 0.3) is 11.5 Å². The molecule has 0 aliphatic carbocycles. The molecule has 0 amide bonds. The summed E-state index contributed by atoms with van der Waals surface area (Å²) < 4.78 is 17.2. The first-order chi connectivity index (χ1) is 16.1. The second-order valence-electron chi connectivity index (χ2n) is 8.45. The van der Waals surface area contributed by atoms with Gasteiger partial charge in [-0.25, -0.2) is 4.98 Å². The molecule has 3 aromatic rings. The highest BCUT2D eigenvalue weighted by Gasteiger charge is 2.32. The number of nitrogens with one attached hydrogen (secondary N) is 1. The van der Waals surface area contributed by atoms with Crippen molar-refractivity contribution >= 4 is 5.97 Å². The molecule has 0 radical (unpaired) electrons. The van der Waals surface area contributed by atoms with Crippen molar-refractivity contribution in [2.45, 2.75) is 33.1 Å². The molecule has 33 heavy (non-hydrogen) atoms. The Labute approximate surface area is 195 Å². The number of oxazole rings is 1. The normalized spacial score (nSPS) is 18.1. The molecule has 174 valence electrons. The van der Waals surface area contributed by atoms with Crippen LogP contribution in [0.5, 0.6) is 5.75 Å². The number of benzene rings is 2. The minimum atomic E-state index is -0.0748. The quantitative estimate of drug-likeness (QED) is 0.482. The van der Waals surface area contributed by atoms with E-state index in [2.05, 4.69) is 22.4 Å². The molecule has 1 fully saturated rings. The standard InChI is InChI=1S/C27H32N2O4/c1-3-31-27(30)24-12-14-28-18-22(24)16-20-8-7-11-23(17-20)32-15-13-25-19(2)33-26(29-25)21-9-5-4-6-10-21/h4-11,17,22,24,28H,3,12-16,18H2,1-2H3/t22?,24-/m0/s1. The molecule has 6 nitrogen and oxygen atoms in total. The number of piperidine rings is 1. The molecule has 4 rings (SSSR count). The number of hydrogen-bond acceptors (Lipinski definition) is 6. The van der Waals surface area contributed by atoms with Crippen LogP contribution in [0.2, 0.25) is 0 Å². The van der Waals surface area contributed by atoms with E-state index in [1.807, 2.05) is 56.3 Å². The molecule has 0 saturated carbocycles. The Morgan fingerprint density at radius 3 is 2.85 bits per heavy atom. The van der Waals surface area contributed by atoms with E-state index in [9.17, 15) is 4.79 Å². The Kier molecular flexibility index (Phi) is 7.79. The first-order valence-electron chi connectivity index (χ1n) is 11.7. The van der Waals surface area contributed by atoms with Gasteiger partial charge in [0.05, 0.1) is 24.8 Å². The predicted octanol–water partition coefficient (Wildman–Crippen LogP) is 4.60. The lowest BCUT2D eigenvalue weighted by Crippen LogP contribution is -2.41. The number of aromatic nitrogens is 1. The van der Waals surface area contributed by atoms with Crippen molar-refractivity contribution in [3.05, 3.63) is 71.6 Å². The van der Waals surface area contributed by atoms with Crippen LogP contribution in [0, 0.1) is 18.8 Å². The first-order valence-corrected chi connectivity index (χ1v) is 11.7. The van der Waals surface area contributed by atoms with Gasteiger partial charge in [0.2, 0.25) is 5.89 Å². The number of carbonyl (C=O) groups excluding carboxylic acids is 1. The summed E-state index contributed by atoms with van der Waals surface area (Å²) in [4.78, 5) is 17.0. The molecular weight excluding hydrogens is 416 g/mol. The molecule has 2 heterocycles. The number of hydrogen-bond donors (Lipinski definition) is 1. The fraction of sp³-hybridized carbons (Fsp3) is 0.407. The molecule has 0 spiro atoms. The molecule has 6 heteroatoms. The third-order valence-electron chi connectivity index (χ3n) is 6.11. The van der Waals surface area contributed by atoms with E-state index < -0.39 is 0 Å². The Morgan fingerprint density at radius 1 is 1.18 bits per heavy atom. The van der Waals surface area contributed by atoms with E-state index in [1.165, 1.54) is 5.56 Å². The lowest BCUT2D eigenvalue weighted by molar-refractivity contribution is -0.150. The monoisotopic (exact) mass is 448 g/mol. The molecule has 1 aromatic heterocycles. The zero-order valence-electron chi connectivity index (χ0n) is 19.4. The summed E-state index contributed by atoms with van der Waals surface area (Å²) in [5, 5.41) is 3.41. The highest BCUT2D eigenvalue weighted by molar-refractivity contribution is 5.73. The van der Waals surface area contributed by atoms with Gasteiger partial charge >= 0.3 is 5.97 Å². The van der Waals surface area contributed by atoms with E-state index in [-0.39, 0.29) is 17.8 Å². The van der Waals surface area contributed by atoms with Gasteiger partial charge < -0.3 is 19.2 Å². The number of nitrogens with zero attached hydrogens (tertiary/aromatic N) is 1. The van der Waals surface area contributed by atoms with Crippen molar-refractivity contribution in [1.29, 1.82) is 0 Å². The fourth-order valence-corrected chi connectivity index (χ4v) is 4.39. The third kappa shape index (κ3) is 6.02. The number of rotatable bonds is 9. The van der Waals surface area contributed by atoms with E-state index in [0.29, 0.717) is 25.5 Å². The molecule has 0 bridgehead atoms. The SMILES string of the molecule is CCOC(=O)[C@H]1CCNCC1Cc1cccc(OCCc2nc(-c3ccccc3)oc2C)c1. The van der Waals surface area contributed by atoms with Gasteiger partial charge in [-0.3, -0.25) is 4.79 Å². The predicted molar refractivity (Wildman–Crippen MR) is 127 cm³/mol. The summed E-state index contributed by atoms with van der Waals surface area (Å²) in [6.45, 7) is 6.42. The van der Waals surface area contributed by atoms with Gasteiger partial charge in [0.1, 0.15) is 11.5 Å². The van der Waals surface area contributed by atoms with Gasteiger partial charge in [-0.2, -0.15) is 0 Å². The van der Waals surface area contributed by atoms with Gasteiger partial charge in [0, 0.05) is 12.0 Å². The average Bonchev–Trinajstić information content (AvgIpc) is 3.21. The third-order valence-corrected chi connectivity index (χ3v) is 6.11. The molecule has 1 aliphatic heterocycles. The van der Waals surface area contributed by atoms with Crippen LogP contribution in [0.1, 0.15) is 30.4 Å². The lowest BCUT2D eigenvalue weighted by Gasteiger charge is -2.30. The zero-order chi connectivity index (χ0) is 23.0. The Balaban J connectivity index is 1.34. The van der Waals surface area contributed by atoms with E-state index in [4.69, 9.17) is 13.9 Å². The molecule has 2 aromatic carbocycles. The highest BCUT2D eigenvalue weighted by atomic mass is 16.5. The van der Waals surface area contributed by atoms with E-state index >= 15 is 0 Å². The van der Waals surface area contributed by atoms with Crippen molar-refractivity contribution in [2.75, 3.05) is 26.3 Å². The van der Waals surface area contributed by atoms with Crippen molar-refractivity contribution in [3.8, 4) is 17.2 Å². The van der Waals surface area contributed by atoms with Crippen molar-refractivity contribution < 1.29 is 18.7 Å². The second kappa shape index (κ2) is 11.1. The van der Waals surface area contributed by atoms with Crippen molar-refractivity contribution in [2.24, 2.45) is 11.8 Å². The minimum absolute atomic E-state index is 0.0512. The summed E-state index contributed by atoms with van der Waals surface area (Å²) in [5.74, 6) is 2.39. The van der Waals surface area contributed by atoms with Gasteiger partial charge in [-0.1, -0.05) is 30.3 Å². The summed E-state index contributed by atoms with van der Waals surface area (Å²) >= 11 is 0. The van der Waals surface area contributed by atoms with Crippen LogP contribution in [0.3, 0.4) is 0 Å². The van der Waals surface area contributed by atoms with Gasteiger partial charge in [0.15, 0.2) is 0 Å². The average molecular weight is 449 g/mol.